The molecule has 21 heavy (non-hydrogen) atoms. The fourth-order valence-corrected chi connectivity index (χ4v) is 2.53. The van der Waals surface area contributed by atoms with Crippen LogP contribution >= 0.6 is 0 Å². The summed E-state index contributed by atoms with van der Waals surface area (Å²) in [7, 11) is 0. The predicted molar refractivity (Wildman–Crippen MR) is 79.2 cm³/mol. The molecule has 0 atom stereocenters. The van der Waals surface area contributed by atoms with E-state index in [1.165, 1.54) is 6.07 Å². The molecule has 7 heteroatoms. The van der Waals surface area contributed by atoms with Gasteiger partial charge in [0.15, 0.2) is 0 Å². The van der Waals surface area contributed by atoms with Crippen molar-refractivity contribution in [3.8, 4) is 0 Å². The highest BCUT2D eigenvalue weighted by atomic mass is 16.6. The Morgan fingerprint density at radius 3 is 2.86 bits per heavy atom. The van der Waals surface area contributed by atoms with Gasteiger partial charge in [-0.25, -0.2) is 0 Å². The number of hydrogen-bond donors (Lipinski definition) is 3. The van der Waals surface area contributed by atoms with Crippen LogP contribution in [-0.4, -0.2) is 22.5 Å². The third-order valence-electron chi connectivity index (χ3n) is 4.07. The molecular formula is C14H20N4O3. The third-order valence-corrected chi connectivity index (χ3v) is 4.07. The van der Waals surface area contributed by atoms with Crippen LogP contribution in [0.3, 0.4) is 0 Å². The second-order valence-electron chi connectivity index (χ2n) is 5.69. The van der Waals surface area contributed by atoms with Gasteiger partial charge < -0.3 is 16.3 Å². The Labute approximate surface area is 123 Å². The van der Waals surface area contributed by atoms with Gasteiger partial charge >= 0.3 is 0 Å². The molecule has 1 aromatic carbocycles. The van der Waals surface area contributed by atoms with Crippen LogP contribution < -0.4 is 11.1 Å². The summed E-state index contributed by atoms with van der Waals surface area (Å²) in [6.07, 6.45) is 2.67. The fraction of sp³-hybridized carbons (Fsp3) is 0.500. The standard InChI is InChI=1S/C14H20N4O3/c1-10-11(3-2-4-12(10)18(20)21)8-16-9-14(5-6-14)7-13(15)17-19/h2-4,16,19H,5-9H2,1H3,(H2,15,17). The predicted octanol–water partition coefficient (Wildman–Crippen LogP) is 1.91. The minimum Gasteiger partial charge on any atom is -0.409 e. The van der Waals surface area contributed by atoms with Gasteiger partial charge in [0.25, 0.3) is 5.69 Å². The minimum absolute atomic E-state index is 0.0743. The van der Waals surface area contributed by atoms with Crippen molar-refractivity contribution in [1.29, 1.82) is 0 Å². The Morgan fingerprint density at radius 2 is 2.29 bits per heavy atom. The lowest BCUT2D eigenvalue weighted by molar-refractivity contribution is -0.385. The summed E-state index contributed by atoms with van der Waals surface area (Å²) in [5, 5.41) is 25.9. The van der Waals surface area contributed by atoms with Crippen LogP contribution in [0.1, 0.15) is 30.4 Å². The lowest BCUT2D eigenvalue weighted by Gasteiger charge is -2.15. The molecule has 1 aromatic rings. The van der Waals surface area contributed by atoms with E-state index in [0.717, 1.165) is 24.9 Å². The van der Waals surface area contributed by atoms with Crippen molar-refractivity contribution < 1.29 is 10.1 Å². The van der Waals surface area contributed by atoms with Crippen molar-refractivity contribution >= 4 is 11.5 Å². The summed E-state index contributed by atoms with van der Waals surface area (Å²) < 4.78 is 0. The summed E-state index contributed by atoms with van der Waals surface area (Å²) in [4.78, 5) is 10.5. The summed E-state index contributed by atoms with van der Waals surface area (Å²) in [5.41, 5.74) is 7.39. The first kappa shape index (κ1) is 15.2. The second kappa shape index (κ2) is 6.09. The smallest absolute Gasteiger partial charge is 0.272 e. The lowest BCUT2D eigenvalue weighted by Crippen LogP contribution is -2.28. The molecule has 0 aromatic heterocycles. The number of hydrogen-bond acceptors (Lipinski definition) is 5. The van der Waals surface area contributed by atoms with Crippen LogP contribution in [0.5, 0.6) is 0 Å². The van der Waals surface area contributed by atoms with Crippen LogP contribution in [0.2, 0.25) is 0 Å². The molecule has 0 radical (unpaired) electrons. The molecule has 0 amide bonds. The van der Waals surface area contributed by atoms with E-state index >= 15 is 0 Å². The number of nitrogens with one attached hydrogen (secondary N) is 1. The van der Waals surface area contributed by atoms with Crippen LogP contribution in [-0.2, 0) is 6.54 Å². The van der Waals surface area contributed by atoms with Gasteiger partial charge in [0.05, 0.1) is 4.92 Å². The zero-order valence-electron chi connectivity index (χ0n) is 12.0. The lowest BCUT2D eigenvalue weighted by atomic mass is 10.0. The number of nitro benzene ring substituents is 1. The molecule has 0 spiro atoms. The largest absolute Gasteiger partial charge is 0.409 e. The molecular weight excluding hydrogens is 272 g/mol. The molecule has 7 nitrogen and oxygen atoms in total. The third kappa shape index (κ3) is 3.69. The van der Waals surface area contributed by atoms with Crippen LogP contribution in [0.25, 0.3) is 0 Å². The number of nitro groups is 1. The van der Waals surface area contributed by atoms with Gasteiger partial charge in [0.2, 0.25) is 0 Å². The quantitative estimate of drug-likeness (QED) is 0.233. The Balaban J connectivity index is 1.93. The van der Waals surface area contributed by atoms with Crippen LogP contribution in [0.4, 0.5) is 5.69 Å². The number of amidine groups is 1. The van der Waals surface area contributed by atoms with Crippen molar-refractivity contribution in [3.05, 3.63) is 39.4 Å². The molecule has 2 rings (SSSR count). The molecule has 0 heterocycles. The fourth-order valence-electron chi connectivity index (χ4n) is 2.53. The van der Waals surface area contributed by atoms with Crippen molar-refractivity contribution in [1.82, 2.24) is 5.32 Å². The van der Waals surface area contributed by atoms with E-state index in [-0.39, 0.29) is 21.9 Å². The second-order valence-corrected chi connectivity index (χ2v) is 5.69. The molecule has 4 N–H and O–H groups in total. The number of nitrogens with zero attached hydrogens (tertiary/aromatic N) is 2. The van der Waals surface area contributed by atoms with E-state index < -0.39 is 0 Å². The first-order valence-corrected chi connectivity index (χ1v) is 6.87. The molecule has 0 unspecified atom stereocenters. The van der Waals surface area contributed by atoms with Gasteiger partial charge in [-0.05, 0) is 30.7 Å². The molecule has 0 aliphatic heterocycles. The zero-order chi connectivity index (χ0) is 15.5. The molecule has 0 bridgehead atoms. The van der Waals surface area contributed by atoms with Gasteiger partial charge in [-0.1, -0.05) is 17.3 Å². The van der Waals surface area contributed by atoms with Gasteiger partial charge in [-0.3, -0.25) is 10.1 Å². The first-order valence-electron chi connectivity index (χ1n) is 6.87. The average molecular weight is 292 g/mol. The molecule has 1 aliphatic rings. The zero-order valence-corrected chi connectivity index (χ0v) is 12.0. The maximum absolute atomic E-state index is 10.9. The Kier molecular flexibility index (Phi) is 4.42. The molecule has 1 fully saturated rings. The summed E-state index contributed by atoms with van der Waals surface area (Å²) in [6, 6.07) is 5.10. The highest BCUT2D eigenvalue weighted by molar-refractivity contribution is 5.80. The van der Waals surface area contributed by atoms with Crippen LogP contribution in [0, 0.1) is 22.5 Å². The monoisotopic (exact) mass is 292 g/mol. The van der Waals surface area contributed by atoms with Crippen molar-refractivity contribution in [2.24, 2.45) is 16.3 Å². The highest BCUT2D eigenvalue weighted by Crippen LogP contribution is 2.48. The molecule has 1 aliphatic carbocycles. The Morgan fingerprint density at radius 1 is 1.57 bits per heavy atom. The Hall–Kier alpha value is -2.15. The van der Waals surface area contributed by atoms with Gasteiger partial charge in [0.1, 0.15) is 5.84 Å². The van der Waals surface area contributed by atoms with E-state index in [9.17, 15) is 10.1 Å². The number of nitrogens with two attached hydrogens (primary N) is 1. The maximum atomic E-state index is 10.9. The van der Waals surface area contributed by atoms with Crippen LogP contribution in [0.15, 0.2) is 23.4 Å². The Bertz CT molecular complexity index is 567. The maximum Gasteiger partial charge on any atom is 0.272 e. The average Bonchev–Trinajstić information content (AvgIpc) is 3.20. The number of benzene rings is 1. The number of rotatable bonds is 7. The molecule has 0 saturated heterocycles. The molecule has 114 valence electrons. The van der Waals surface area contributed by atoms with Gasteiger partial charge in [-0.2, -0.15) is 0 Å². The highest BCUT2D eigenvalue weighted by Gasteiger charge is 2.42. The summed E-state index contributed by atoms with van der Waals surface area (Å²) in [5.74, 6) is 0.251. The normalized spacial score (nSPS) is 16.7. The number of oxime groups is 1. The summed E-state index contributed by atoms with van der Waals surface area (Å²) in [6.45, 7) is 3.09. The van der Waals surface area contributed by atoms with E-state index in [4.69, 9.17) is 10.9 Å². The van der Waals surface area contributed by atoms with Crippen molar-refractivity contribution in [2.45, 2.75) is 32.7 Å². The first-order chi connectivity index (χ1) is 9.97. The van der Waals surface area contributed by atoms with Gasteiger partial charge in [0, 0.05) is 31.1 Å². The van der Waals surface area contributed by atoms with E-state index in [2.05, 4.69) is 10.5 Å². The molecule has 1 saturated carbocycles. The topological polar surface area (TPSA) is 114 Å². The summed E-state index contributed by atoms with van der Waals surface area (Å²) >= 11 is 0. The van der Waals surface area contributed by atoms with E-state index in [0.29, 0.717) is 18.5 Å². The van der Waals surface area contributed by atoms with E-state index in [1.54, 1.807) is 13.0 Å². The minimum atomic E-state index is -0.361. The van der Waals surface area contributed by atoms with E-state index in [1.807, 2.05) is 6.07 Å². The van der Waals surface area contributed by atoms with Crippen molar-refractivity contribution in [2.75, 3.05) is 6.54 Å². The van der Waals surface area contributed by atoms with Crippen molar-refractivity contribution in [3.63, 3.8) is 0 Å². The SMILES string of the molecule is Cc1c(CNCC2(C/C(N)=N/O)CC2)cccc1[N+](=O)[O-]. The van der Waals surface area contributed by atoms with Gasteiger partial charge in [-0.15, -0.1) is 0 Å².